The summed E-state index contributed by atoms with van der Waals surface area (Å²) in [5, 5.41) is 8.66. The highest BCUT2D eigenvalue weighted by atomic mass is 32.1. The van der Waals surface area contributed by atoms with E-state index in [0.29, 0.717) is 12.7 Å². The van der Waals surface area contributed by atoms with E-state index in [0.717, 1.165) is 46.9 Å². The molecule has 4 heterocycles. The molecule has 0 aliphatic carbocycles. The lowest BCUT2D eigenvalue weighted by Crippen LogP contribution is -2.09. The van der Waals surface area contributed by atoms with Gasteiger partial charge in [0.25, 0.3) is 5.95 Å². The van der Waals surface area contributed by atoms with Gasteiger partial charge in [-0.15, -0.1) is 11.3 Å². The molecular weight excluding hydrogens is 376 g/mol. The number of fused-ring (bicyclic) bond motifs is 2. The highest BCUT2D eigenvalue weighted by molar-refractivity contribution is 7.18. The van der Waals surface area contributed by atoms with Gasteiger partial charge in [0, 0.05) is 11.4 Å². The summed E-state index contributed by atoms with van der Waals surface area (Å²) >= 11 is 1.68. The van der Waals surface area contributed by atoms with Crippen LogP contribution in [0.1, 0.15) is 17.4 Å². The van der Waals surface area contributed by atoms with Crippen molar-refractivity contribution >= 4 is 27.4 Å². The second kappa shape index (κ2) is 7.08. The van der Waals surface area contributed by atoms with E-state index in [1.54, 1.807) is 22.3 Å². The summed E-state index contributed by atoms with van der Waals surface area (Å²) in [6, 6.07) is 8.20. The molecule has 1 aliphatic rings. The molecule has 1 aliphatic heterocycles. The molecule has 1 N–H and O–H groups in total. The fraction of sp³-hybridized carbons (Fsp3) is 0.263. The van der Waals surface area contributed by atoms with Gasteiger partial charge in [-0.1, -0.05) is 13.0 Å². The summed E-state index contributed by atoms with van der Waals surface area (Å²) in [6.45, 7) is 3.17. The molecule has 0 saturated carbocycles. The van der Waals surface area contributed by atoms with Crippen LogP contribution >= 0.6 is 11.3 Å². The number of anilines is 1. The van der Waals surface area contributed by atoms with Gasteiger partial charge in [-0.3, -0.25) is 0 Å². The van der Waals surface area contributed by atoms with Crippen LogP contribution in [0.5, 0.6) is 11.5 Å². The summed E-state index contributed by atoms with van der Waals surface area (Å²) in [4.78, 5) is 15.5. The first-order valence-corrected chi connectivity index (χ1v) is 9.89. The Bertz CT molecular complexity index is 1130. The van der Waals surface area contributed by atoms with Crippen molar-refractivity contribution in [1.82, 2.24) is 24.7 Å². The monoisotopic (exact) mass is 394 g/mol. The molecule has 5 rings (SSSR count). The molecule has 4 aromatic rings. The molecule has 0 fully saturated rings. The maximum atomic E-state index is 5.46. The van der Waals surface area contributed by atoms with Crippen molar-refractivity contribution in [2.45, 2.75) is 19.8 Å². The van der Waals surface area contributed by atoms with Crippen molar-refractivity contribution < 1.29 is 9.47 Å². The maximum Gasteiger partial charge on any atom is 0.255 e. The Kier molecular flexibility index (Phi) is 4.28. The zero-order valence-corrected chi connectivity index (χ0v) is 16.1. The van der Waals surface area contributed by atoms with Crippen LogP contribution in [0.2, 0.25) is 0 Å². The third-order valence-corrected chi connectivity index (χ3v) is 5.72. The lowest BCUT2D eigenvalue weighted by molar-refractivity contribution is 0.174. The zero-order chi connectivity index (χ0) is 18.9. The van der Waals surface area contributed by atoms with Gasteiger partial charge in [0.2, 0.25) is 6.79 Å². The maximum absolute atomic E-state index is 5.46. The lowest BCUT2D eigenvalue weighted by atomic mass is 10.1. The van der Waals surface area contributed by atoms with Crippen LogP contribution in [-0.4, -0.2) is 38.1 Å². The first-order valence-electron chi connectivity index (χ1n) is 9.08. The van der Waals surface area contributed by atoms with Crippen molar-refractivity contribution in [3.8, 4) is 17.4 Å². The summed E-state index contributed by atoms with van der Waals surface area (Å²) < 4.78 is 12.4. The molecule has 1 aromatic carbocycles. The standard InChI is InChI=1S/C19H18N6O2S/c1-2-13-8-14-17(23-19(24-18(14)28-13)25-10-20-9-22-25)21-6-5-12-3-4-15-16(7-12)27-11-26-15/h3-4,7-10H,2,5-6,11H2,1H3,(H,21,23,24). The number of aryl methyl sites for hydroxylation is 1. The molecular formula is C19H18N6O2S. The average Bonchev–Trinajstić information content (AvgIpc) is 3.46. The summed E-state index contributed by atoms with van der Waals surface area (Å²) in [6.07, 6.45) is 4.89. The number of nitrogens with one attached hydrogen (secondary N) is 1. The van der Waals surface area contributed by atoms with Crippen molar-refractivity contribution in [2.24, 2.45) is 0 Å². The van der Waals surface area contributed by atoms with Gasteiger partial charge < -0.3 is 14.8 Å². The summed E-state index contributed by atoms with van der Waals surface area (Å²) in [5.74, 6) is 2.94. The first kappa shape index (κ1) is 16.9. The molecule has 0 bridgehead atoms. The molecule has 28 heavy (non-hydrogen) atoms. The van der Waals surface area contributed by atoms with E-state index in [4.69, 9.17) is 9.47 Å². The molecule has 0 atom stereocenters. The Morgan fingerprint density at radius 2 is 2.11 bits per heavy atom. The minimum absolute atomic E-state index is 0.291. The number of ether oxygens (including phenoxy) is 2. The Labute approximate surface area is 165 Å². The number of nitrogens with zero attached hydrogens (tertiary/aromatic N) is 5. The molecule has 8 nitrogen and oxygen atoms in total. The van der Waals surface area contributed by atoms with Crippen LogP contribution in [0.25, 0.3) is 16.2 Å². The second-order valence-electron chi connectivity index (χ2n) is 6.36. The van der Waals surface area contributed by atoms with Crippen LogP contribution in [0.15, 0.2) is 36.9 Å². The molecule has 9 heteroatoms. The largest absolute Gasteiger partial charge is 0.454 e. The van der Waals surface area contributed by atoms with E-state index in [2.05, 4.69) is 44.4 Å². The average molecular weight is 394 g/mol. The van der Waals surface area contributed by atoms with Crippen LogP contribution in [0, 0.1) is 0 Å². The normalized spacial score (nSPS) is 12.6. The predicted octanol–water partition coefficient (Wildman–Crippen LogP) is 3.22. The van der Waals surface area contributed by atoms with Gasteiger partial charge >= 0.3 is 0 Å². The Morgan fingerprint density at radius 3 is 2.96 bits per heavy atom. The minimum atomic E-state index is 0.291. The fourth-order valence-electron chi connectivity index (χ4n) is 3.10. The Hall–Kier alpha value is -3.20. The van der Waals surface area contributed by atoms with E-state index >= 15 is 0 Å². The van der Waals surface area contributed by atoms with E-state index in [9.17, 15) is 0 Å². The molecule has 3 aromatic heterocycles. The van der Waals surface area contributed by atoms with Gasteiger partial charge in [0.05, 0.1) is 5.39 Å². The third kappa shape index (κ3) is 3.13. The number of hydrogen-bond acceptors (Lipinski definition) is 8. The van der Waals surface area contributed by atoms with E-state index in [-0.39, 0.29) is 0 Å². The number of rotatable bonds is 6. The third-order valence-electron chi connectivity index (χ3n) is 4.55. The van der Waals surface area contributed by atoms with Crippen molar-refractivity contribution in [2.75, 3.05) is 18.7 Å². The predicted molar refractivity (Wildman–Crippen MR) is 106 cm³/mol. The second-order valence-corrected chi connectivity index (χ2v) is 7.48. The number of thiophene rings is 1. The molecule has 0 radical (unpaired) electrons. The summed E-state index contributed by atoms with van der Waals surface area (Å²) in [5.41, 5.74) is 1.18. The molecule has 0 saturated heterocycles. The number of benzene rings is 1. The minimum Gasteiger partial charge on any atom is -0.454 e. The SMILES string of the molecule is CCc1cc2c(NCCc3ccc4c(c3)OCO4)nc(-n3cncn3)nc2s1. The quantitative estimate of drug-likeness (QED) is 0.537. The molecule has 142 valence electrons. The van der Waals surface area contributed by atoms with E-state index < -0.39 is 0 Å². The zero-order valence-electron chi connectivity index (χ0n) is 15.3. The summed E-state index contributed by atoms with van der Waals surface area (Å²) in [7, 11) is 0. The van der Waals surface area contributed by atoms with Crippen LogP contribution in [0.4, 0.5) is 5.82 Å². The highest BCUT2D eigenvalue weighted by Crippen LogP contribution is 2.33. The Morgan fingerprint density at radius 1 is 1.18 bits per heavy atom. The van der Waals surface area contributed by atoms with Crippen molar-refractivity contribution in [3.05, 3.63) is 47.4 Å². The molecule has 0 unspecified atom stereocenters. The van der Waals surface area contributed by atoms with Crippen LogP contribution < -0.4 is 14.8 Å². The molecule has 0 amide bonds. The van der Waals surface area contributed by atoms with Crippen LogP contribution in [-0.2, 0) is 12.8 Å². The first-order chi connectivity index (χ1) is 13.8. The van der Waals surface area contributed by atoms with Gasteiger partial charge in [0.1, 0.15) is 23.3 Å². The highest BCUT2D eigenvalue weighted by Gasteiger charge is 2.15. The van der Waals surface area contributed by atoms with Gasteiger partial charge in [-0.05, 0) is 36.6 Å². The van der Waals surface area contributed by atoms with Crippen molar-refractivity contribution in [3.63, 3.8) is 0 Å². The van der Waals surface area contributed by atoms with Gasteiger partial charge in [-0.25, -0.2) is 4.98 Å². The topological polar surface area (TPSA) is 87.0 Å². The fourth-order valence-corrected chi connectivity index (χ4v) is 4.07. The van der Waals surface area contributed by atoms with Crippen molar-refractivity contribution in [1.29, 1.82) is 0 Å². The van der Waals surface area contributed by atoms with Crippen LogP contribution in [0.3, 0.4) is 0 Å². The van der Waals surface area contributed by atoms with E-state index in [1.807, 2.05) is 12.1 Å². The smallest absolute Gasteiger partial charge is 0.255 e. The number of hydrogen-bond donors (Lipinski definition) is 1. The van der Waals surface area contributed by atoms with Gasteiger partial charge in [0.15, 0.2) is 11.5 Å². The van der Waals surface area contributed by atoms with Gasteiger partial charge in [-0.2, -0.15) is 19.7 Å². The van der Waals surface area contributed by atoms with E-state index in [1.165, 1.54) is 16.8 Å². The molecule has 0 spiro atoms. The Balaban J connectivity index is 1.40. The number of aromatic nitrogens is 5. The lowest BCUT2D eigenvalue weighted by Gasteiger charge is -2.09.